The first-order valence-electron chi connectivity index (χ1n) is 11.2. The molecular formula is C26H30N4O2S. The summed E-state index contributed by atoms with van der Waals surface area (Å²) < 4.78 is 2.15. The average Bonchev–Trinajstić information content (AvgIpc) is 3.24. The second-order valence-corrected chi connectivity index (χ2v) is 9.53. The van der Waals surface area contributed by atoms with Gasteiger partial charge >= 0.3 is 5.97 Å². The number of carboxylic acids is 1. The fourth-order valence-corrected chi connectivity index (χ4v) is 5.09. The lowest BCUT2D eigenvalue weighted by Gasteiger charge is -2.29. The van der Waals surface area contributed by atoms with Crippen LogP contribution in [-0.4, -0.2) is 37.2 Å². The maximum absolute atomic E-state index is 11.6. The number of aryl methyl sites for hydroxylation is 2. The molecule has 2 N–H and O–H groups in total. The highest BCUT2D eigenvalue weighted by atomic mass is 32.1. The van der Waals surface area contributed by atoms with E-state index in [9.17, 15) is 9.90 Å². The summed E-state index contributed by atoms with van der Waals surface area (Å²) in [5.74, 6) is -0.490. The summed E-state index contributed by atoms with van der Waals surface area (Å²) in [4.78, 5) is 18.5. The molecule has 0 spiro atoms. The number of aromatic nitrogens is 2. The van der Waals surface area contributed by atoms with Gasteiger partial charge in [0.2, 0.25) is 0 Å². The van der Waals surface area contributed by atoms with Crippen molar-refractivity contribution in [2.24, 2.45) is 5.92 Å². The minimum Gasteiger partial charge on any atom is -0.478 e. The Balaban J connectivity index is 1.87. The summed E-state index contributed by atoms with van der Waals surface area (Å²) in [6.45, 7) is 11.4. The Hall–Kier alpha value is -3.19. The highest BCUT2D eigenvalue weighted by molar-refractivity contribution is 7.80. The van der Waals surface area contributed by atoms with E-state index >= 15 is 0 Å². The molecule has 1 saturated heterocycles. The second-order valence-electron chi connectivity index (χ2n) is 9.14. The molecule has 4 rings (SSSR count). The number of aromatic carboxylic acids is 1. The number of pyridine rings is 1. The number of nitrogens with one attached hydrogen (secondary N) is 1. The third kappa shape index (κ3) is 4.25. The zero-order valence-electron chi connectivity index (χ0n) is 19.7. The smallest absolute Gasteiger partial charge is 0.335 e. The largest absolute Gasteiger partial charge is 0.478 e. The van der Waals surface area contributed by atoms with Gasteiger partial charge in [-0.15, -0.1) is 0 Å². The van der Waals surface area contributed by atoms with Crippen molar-refractivity contribution in [1.29, 1.82) is 0 Å². The van der Waals surface area contributed by atoms with Gasteiger partial charge in [-0.2, -0.15) is 0 Å². The second kappa shape index (κ2) is 8.98. The Labute approximate surface area is 200 Å². The predicted octanol–water partition coefficient (Wildman–Crippen LogP) is 5.12. The number of hydrogen-bond donors (Lipinski definition) is 2. The van der Waals surface area contributed by atoms with Crippen LogP contribution in [0.1, 0.15) is 64.5 Å². The highest BCUT2D eigenvalue weighted by Crippen LogP contribution is 2.42. The molecule has 7 heteroatoms. The summed E-state index contributed by atoms with van der Waals surface area (Å²) in [6, 6.07) is 13.3. The zero-order chi connectivity index (χ0) is 23.9. The van der Waals surface area contributed by atoms with E-state index < -0.39 is 5.97 Å². The van der Waals surface area contributed by atoms with Crippen LogP contribution in [-0.2, 0) is 0 Å². The molecule has 0 bridgehead atoms. The van der Waals surface area contributed by atoms with Crippen molar-refractivity contribution in [3.05, 3.63) is 82.4 Å². The third-order valence-corrected chi connectivity index (χ3v) is 6.60. The van der Waals surface area contributed by atoms with Crippen molar-refractivity contribution in [3.8, 4) is 5.69 Å². The SMILES string of the molecule is Cc1ccc(C(=O)O)cc1-n1c(C)cc([C@@H]2[C@H](c3ccccn3)NC(=S)N2CC(C)C)c1C. The van der Waals surface area contributed by atoms with Crippen molar-refractivity contribution < 1.29 is 9.90 Å². The quantitative estimate of drug-likeness (QED) is 0.495. The van der Waals surface area contributed by atoms with E-state index in [1.165, 1.54) is 0 Å². The molecule has 33 heavy (non-hydrogen) atoms. The molecule has 2 atom stereocenters. The van der Waals surface area contributed by atoms with Crippen LogP contribution < -0.4 is 5.32 Å². The lowest BCUT2D eigenvalue weighted by atomic mass is 9.96. The molecule has 6 nitrogen and oxygen atoms in total. The van der Waals surface area contributed by atoms with Gasteiger partial charge in [0.05, 0.1) is 23.3 Å². The number of thiocarbonyl (C=S) groups is 1. The standard InChI is InChI=1S/C26H30N4O2S/c1-15(2)14-29-24(23(28-26(29)33)21-8-6-7-11-27-21)20-12-17(4)30(18(20)5)22-13-19(25(31)32)10-9-16(22)3/h6-13,15,23-24H,14H2,1-5H3,(H,28,33)(H,31,32)/t23-,24+/m0/s1. The minimum atomic E-state index is -0.928. The van der Waals surface area contributed by atoms with Crippen molar-refractivity contribution in [3.63, 3.8) is 0 Å². The molecular weight excluding hydrogens is 432 g/mol. The topological polar surface area (TPSA) is 70.4 Å². The monoisotopic (exact) mass is 462 g/mol. The van der Waals surface area contributed by atoms with E-state index in [1.807, 2.05) is 37.4 Å². The summed E-state index contributed by atoms with van der Waals surface area (Å²) in [6.07, 6.45) is 1.81. The molecule has 2 aromatic heterocycles. The van der Waals surface area contributed by atoms with Gasteiger partial charge in [-0.05, 0) is 80.4 Å². The van der Waals surface area contributed by atoms with Gasteiger partial charge in [0.1, 0.15) is 0 Å². The van der Waals surface area contributed by atoms with Gasteiger partial charge in [-0.1, -0.05) is 26.0 Å². The van der Waals surface area contributed by atoms with Crippen molar-refractivity contribution >= 4 is 23.3 Å². The molecule has 0 unspecified atom stereocenters. The fraction of sp³-hybridized carbons (Fsp3) is 0.346. The molecule has 0 amide bonds. The van der Waals surface area contributed by atoms with E-state index in [4.69, 9.17) is 12.2 Å². The minimum absolute atomic E-state index is 0.0160. The molecule has 0 aliphatic carbocycles. The van der Waals surface area contributed by atoms with E-state index in [1.54, 1.807) is 12.1 Å². The van der Waals surface area contributed by atoms with Crippen LogP contribution in [0.5, 0.6) is 0 Å². The lowest BCUT2D eigenvalue weighted by Crippen LogP contribution is -2.33. The average molecular weight is 463 g/mol. The Morgan fingerprint density at radius 2 is 1.94 bits per heavy atom. The third-order valence-electron chi connectivity index (χ3n) is 6.25. The van der Waals surface area contributed by atoms with Gasteiger partial charge in [-0.25, -0.2) is 4.79 Å². The van der Waals surface area contributed by atoms with Crippen molar-refractivity contribution in [1.82, 2.24) is 19.8 Å². The molecule has 1 fully saturated rings. The molecule has 0 saturated carbocycles. The van der Waals surface area contributed by atoms with Crippen LogP contribution >= 0.6 is 12.2 Å². The normalized spacial score (nSPS) is 18.1. The molecule has 1 aromatic carbocycles. The number of rotatable bonds is 6. The van der Waals surface area contributed by atoms with Crippen LogP contribution in [0.3, 0.4) is 0 Å². The van der Waals surface area contributed by atoms with E-state index in [0.717, 1.165) is 45.6 Å². The molecule has 3 aromatic rings. The summed E-state index contributed by atoms with van der Waals surface area (Å²) in [7, 11) is 0. The highest BCUT2D eigenvalue weighted by Gasteiger charge is 2.41. The Morgan fingerprint density at radius 1 is 1.18 bits per heavy atom. The molecule has 172 valence electrons. The van der Waals surface area contributed by atoms with Gasteiger partial charge in [0, 0.05) is 29.8 Å². The predicted molar refractivity (Wildman–Crippen MR) is 134 cm³/mol. The van der Waals surface area contributed by atoms with Gasteiger partial charge in [-0.3, -0.25) is 4.98 Å². The summed E-state index contributed by atoms with van der Waals surface area (Å²) >= 11 is 5.77. The first-order valence-corrected chi connectivity index (χ1v) is 11.6. The van der Waals surface area contributed by atoms with E-state index in [-0.39, 0.29) is 17.6 Å². The molecule has 3 heterocycles. The van der Waals surface area contributed by atoms with Gasteiger partial charge < -0.3 is 19.9 Å². The number of nitrogens with zero attached hydrogens (tertiary/aromatic N) is 3. The Kier molecular flexibility index (Phi) is 6.26. The summed E-state index contributed by atoms with van der Waals surface area (Å²) in [5.41, 5.74) is 6.42. The maximum Gasteiger partial charge on any atom is 0.335 e. The Bertz CT molecular complexity index is 1200. The molecule has 1 aliphatic rings. The van der Waals surface area contributed by atoms with Crippen molar-refractivity contribution in [2.75, 3.05) is 6.54 Å². The fourth-order valence-electron chi connectivity index (χ4n) is 4.78. The number of hydrogen-bond acceptors (Lipinski definition) is 3. The zero-order valence-corrected chi connectivity index (χ0v) is 20.5. The van der Waals surface area contributed by atoms with E-state index in [0.29, 0.717) is 5.92 Å². The van der Waals surface area contributed by atoms with E-state index in [2.05, 4.69) is 53.5 Å². The van der Waals surface area contributed by atoms with Gasteiger partial charge in [0.25, 0.3) is 0 Å². The van der Waals surface area contributed by atoms with Crippen LogP contribution in [0.2, 0.25) is 0 Å². The molecule has 0 radical (unpaired) electrons. The van der Waals surface area contributed by atoms with Crippen molar-refractivity contribution in [2.45, 2.75) is 46.7 Å². The van der Waals surface area contributed by atoms with Crippen LogP contribution in [0.4, 0.5) is 0 Å². The lowest BCUT2D eigenvalue weighted by molar-refractivity contribution is 0.0697. The van der Waals surface area contributed by atoms with Crippen LogP contribution in [0.25, 0.3) is 5.69 Å². The maximum atomic E-state index is 11.6. The Morgan fingerprint density at radius 3 is 2.58 bits per heavy atom. The first-order chi connectivity index (χ1) is 15.7. The molecule has 1 aliphatic heterocycles. The number of carboxylic acid groups (broad SMARTS) is 1. The van der Waals surface area contributed by atoms with Crippen LogP contribution in [0.15, 0.2) is 48.7 Å². The number of benzene rings is 1. The van der Waals surface area contributed by atoms with Crippen LogP contribution in [0, 0.1) is 26.7 Å². The van der Waals surface area contributed by atoms with Gasteiger partial charge in [0.15, 0.2) is 5.11 Å². The summed E-state index contributed by atoms with van der Waals surface area (Å²) in [5, 5.41) is 13.8. The number of carbonyl (C=O) groups is 1. The first kappa shape index (κ1) is 23.0.